The standard InChI is InChI=1S/C14H20N4OS.2ClH/c1-10-9-12(13(19)17(4)7-5-15-3)11(2)18(10)14-16-6-8-20-14;;/h6,8-9,15H,5,7H2,1-4H3;2*1H. The van der Waals surface area contributed by atoms with Crippen molar-refractivity contribution < 1.29 is 4.79 Å². The van der Waals surface area contributed by atoms with E-state index in [1.165, 1.54) is 0 Å². The van der Waals surface area contributed by atoms with E-state index in [2.05, 4.69) is 10.3 Å². The van der Waals surface area contributed by atoms with E-state index in [9.17, 15) is 4.79 Å². The quantitative estimate of drug-likeness (QED) is 0.886. The van der Waals surface area contributed by atoms with Crippen LogP contribution in [0.15, 0.2) is 17.6 Å². The molecule has 0 radical (unpaired) electrons. The van der Waals surface area contributed by atoms with Crippen LogP contribution in [0.5, 0.6) is 0 Å². The molecule has 0 aromatic carbocycles. The number of likely N-dealkylation sites (N-methyl/N-ethyl adjacent to an activating group) is 2. The molecule has 22 heavy (non-hydrogen) atoms. The van der Waals surface area contributed by atoms with Crippen LogP contribution in [-0.2, 0) is 0 Å². The van der Waals surface area contributed by atoms with Crippen molar-refractivity contribution in [2.24, 2.45) is 0 Å². The minimum atomic E-state index is 0. The fraction of sp³-hybridized carbons (Fsp3) is 0.429. The maximum Gasteiger partial charge on any atom is 0.255 e. The summed E-state index contributed by atoms with van der Waals surface area (Å²) in [5, 5.41) is 5.89. The molecule has 2 aromatic rings. The Labute approximate surface area is 147 Å². The predicted molar refractivity (Wildman–Crippen MR) is 96.3 cm³/mol. The van der Waals surface area contributed by atoms with E-state index in [4.69, 9.17) is 0 Å². The maximum atomic E-state index is 12.5. The Bertz CT molecular complexity index is 598. The first-order chi connectivity index (χ1) is 9.56. The van der Waals surface area contributed by atoms with Crippen molar-refractivity contribution >= 4 is 42.1 Å². The zero-order valence-corrected chi connectivity index (χ0v) is 15.6. The highest BCUT2D eigenvalue weighted by Crippen LogP contribution is 2.22. The van der Waals surface area contributed by atoms with Crippen LogP contribution in [0.25, 0.3) is 5.13 Å². The number of carbonyl (C=O) groups excluding carboxylic acids is 1. The van der Waals surface area contributed by atoms with Crippen LogP contribution in [0.2, 0.25) is 0 Å². The molecular formula is C14H22Cl2N4OS. The van der Waals surface area contributed by atoms with Gasteiger partial charge in [0.1, 0.15) is 0 Å². The van der Waals surface area contributed by atoms with Gasteiger partial charge in [0, 0.05) is 43.1 Å². The number of carbonyl (C=O) groups is 1. The number of halogens is 2. The van der Waals surface area contributed by atoms with E-state index in [0.717, 1.165) is 28.6 Å². The molecule has 1 N–H and O–H groups in total. The van der Waals surface area contributed by atoms with Crippen LogP contribution in [0.4, 0.5) is 0 Å². The third-order valence-electron chi connectivity index (χ3n) is 3.32. The summed E-state index contributed by atoms with van der Waals surface area (Å²) in [6, 6.07) is 1.94. The van der Waals surface area contributed by atoms with Crippen LogP contribution >= 0.6 is 36.2 Å². The molecule has 1 amide bonds. The molecule has 124 valence electrons. The van der Waals surface area contributed by atoms with Crippen molar-refractivity contribution in [3.05, 3.63) is 34.6 Å². The van der Waals surface area contributed by atoms with Crippen molar-refractivity contribution in [3.63, 3.8) is 0 Å². The highest BCUT2D eigenvalue weighted by Gasteiger charge is 2.20. The Morgan fingerprint density at radius 1 is 1.41 bits per heavy atom. The first kappa shape index (κ1) is 20.9. The van der Waals surface area contributed by atoms with Gasteiger partial charge in [-0.3, -0.25) is 9.36 Å². The molecule has 0 aliphatic heterocycles. The number of nitrogens with zero attached hydrogens (tertiary/aromatic N) is 3. The number of nitrogens with one attached hydrogen (secondary N) is 1. The summed E-state index contributed by atoms with van der Waals surface area (Å²) in [7, 11) is 3.71. The molecule has 0 fully saturated rings. The van der Waals surface area contributed by atoms with Crippen molar-refractivity contribution in [3.8, 4) is 5.13 Å². The van der Waals surface area contributed by atoms with Crippen molar-refractivity contribution in [1.29, 1.82) is 0 Å². The van der Waals surface area contributed by atoms with Gasteiger partial charge in [0.2, 0.25) is 0 Å². The lowest BCUT2D eigenvalue weighted by molar-refractivity contribution is 0.0796. The summed E-state index contributed by atoms with van der Waals surface area (Å²) in [5.41, 5.74) is 2.72. The lowest BCUT2D eigenvalue weighted by Gasteiger charge is -2.16. The summed E-state index contributed by atoms with van der Waals surface area (Å²) >= 11 is 1.57. The number of aryl methyl sites for hydroxylation is 1. The van der Waals surface area contributed by atoms with E-state index in [-0.39, 0.29) is 30.7 Å². The second-order valence-electron chi connectivity index (χ2n) is 4.77. The summed E-state index contributed by atoms with van der Waals surface area (Å²) in [5.74, 6) is 0.0520. The van der Waals surface area contributed by atoms with Gasteiger partial charge in [0.05, 0.1) is 5.56 Å². The molecule has 0 unspecified atom stereocenters. The zero-order valence-electron chi connectivity index (χ0n) is 13.1. The molecule has 2 heterocycles. The molecular weight excluding hydrogens is 343 g/mol. The van der Waals surface area contributed by atoms with Crippen molar-refractivity contribution in [1.82, 2.24) is 19.8 Å². The van der Waals surface area contributed by atoms with Crippen LogP contribution in [-0.4, -0.2) is 47.5 Å². The van der Waals surface area contributed by atoms with Gasteiger partial charge in [0.15, 0.2) is 5.13 Å². The van der Waals surface area contributed by atoms with E-state index in [1.807, 2.05) is 44.0 Å². The van der Waals surface area contributed by atoms with Gasteiger partial charge in [-0.25, -0.2) is 4.98 Å². The van der Waals surface area contributed by atoms with Crippen LogP contribution in [0.3, 0.4) is 0 Å². The van der Waals surface area contributed by atoms with Gasteiger partial charge in [-0.05, 0) is 27.0 Å². The predicted octanol–water partition coefficient (Wildman–Crippen LogP) is 2.69. The van der Waals surface area contributed by atoms with Gasteiger partial charge in [-0.15, -0.1) is 36.2 Å². The van der Waals surface area contributed by atoms with Gasteiger partial charge >= 0.3 is 0 Å². The molecule has 5 nitrogen and oxygen atoms in total. The third kappa shape index (κ3) is 4.23. The molecule has 2 rings (SSSR count). The molecule has 8 heteroatoms. The molecule has 0 aliphatic carbocycles. The van der Waals surface area contributed by atoms with Crippen molar-refractivity contribution in [2.45, 2.75) is 13.8 Å². The second kappa shape index (κ2) is 9.15. The van der Waals surface area contributed by atoms with Gasteiger partial charge in [-0.1, -0.05) is 0 Å². The Morgan fingerprint density at radius 2 is 2.09 bits per heavy atom. The molecule has 0 spiro atoms. The van der Waals surface area contributed by atoms with Crippen molar-refractivity contribution in [2.75, 3.05) is 27.2 Å². The minimum absolute atomic E-state index is 0. The lowest BCUT2D eigenvalue weighted by atomic mass is 10.2. The van der Waals surface area contributed by atoms with E-state index in [1.54, 1.807) is 22.4 Å². The van der Waals surface area contributed by atoms with Gasteiger partial charge in [0.25, 0.3) is 5.91 Å². The molecule has 0 saturated heterocycles. The fourth-order valence-electron chi connectivity index (χ4n) is 2.19. The average molecular weight is 365 g/mol. The third-order valence-corrected chi connectivity index (χ3v) is 4.07. The number of aromatic nitrogens is 2. The van der Waals surface area contributed by atoms with E-state index in [0.29, 0.717) is 6.54 Å². The molecule has 0 atom stereocenters. The molecule has 2 aromatic heterocycles. The van der Waals surface area contributed by atoms with E-state index >= 15 is 0 Å². The zero-order chi connectivity index (χ0) is 14.7. The SMILES string of the molecule is CNCCN(C)C(=O)c1cc(C)n(-c2nccs2)c1C.Cl.Cl. The highest BCUT2D eigenvalue weighted by molar-refractivity contribution is 7.12. The number of hydrogen-bond donors (Lipinski definition) is 1. The summed E-state index contributed by atoms with van der Waals surface area (Å²) in [6.45, 7) is 5.44. The number of hydrogen-bond acceptors (Lipinski definition) is 4. The monoisotopic (exact) mass is 364 g/mol. The lowest BCUT2D eigenvalue weighted by Crippen LogP contribution is -2.33. The van der Waals surface area contributed by atoms with E-state index < -0.39 is 0 Å². The largest absolute Gasteiger partial charge is 0.340 e. The van der Waals surface area contributed by atoms with Crippen LogP contribution in [0, 0.1) is 13.8 Å². The first-order valence-electron chi connectivity index (χ1n) is 6.55. The minimum Gasteiger partial charge on any atom is -0.340 e. The Morgan fingerprint density at radius 3 is 2.64 bits per heavy atom. The summed E-state index contributed by atoms with van der Waals surface area (Å²) in [6.07, 6.45) is 1.78. The molecule has 0 aliphatic rings. The average Bonchev–Trinajstić information content (AvgIpc) is 3.03. The Hall–Kier alpha value is -1.08. The number of thiazole rings is 1. The smallest absolute Gasteiger partial charge is 0.255 e. The number of rotatable bonds is 5. The highest BCUT2D eigenvalue weighted by atomic mass is 35.5. The second-order valence-corrected chi connectivity index (χ2v) is 5.64. The van der Waals surface area contributed by atoms with Gasteiger partial charge in [-0.2, -0.15) is 0 Å². The topological polar surface area (TPSA) is 50.2 Å². The number of amides is 1. The van der Waals surface area contributed by atoms with Crippen LogP contribution in [0.1, 0.15) is 21.7 Å². The fourth-order valence-corrected chi connectivity index (χ4v) is 2.94. The molecule has 0 saturated carbocycles. The Kier molecular flexibility index (Phi) is 8.70. The summed E-state index contributed by atoms with van der Waals surface area (Å²) in [4.78, 5) is 18.5. The molecule has 0 bridgehead atoms. The summed E-state index contributed by atoms with van der Waals surface area (Å²) < 4.78 is 2.03. The van der Waals surface area contributed by atoms with Crippen LogP contribution < -0.4 is 5.32 Å². The normalized spacial score (nSPS) is 9.82. The maximum absolute atomic E-state index is 12.5. The first-order valence-corrected chi connectivity index (χ1v) is 7.43. The Balaban J connectivity index is 0.00000220. The van der Waals surface area contributed by atoms with Gasteiger partial charge < -0.3 is 10.2 Å².